The van der Waals surface area contributed by atoms with Gasteiger partial charge in [0.15, 0.2) is 5.82 Å². The molecule has 0 aliphatic rings. The van der Waals surface area contributed by atoms with Gasteiger partial charge in [0.25, 0.3) is 0 Å². The number of hydrogen-bond acceptors (Lipinski definition) is 6. The largest absolute Gasteiger partial charge is 0.468 e. The summed E-state index contributed by atoms with van der Waals surface area (Å²) in [4.78, 5) is 11.0. The normalized spacial score (nSPS) is 10.5. The van der Waals surface area contributed by atoms with Crippen LogP contribution < -0.4 is 0 Å². The molecule has 0 aliphatic heterocycles. The summed E-state index contributed by atoms with van der Waals surface area (Å²) in [6.45, 7) is 3.89. The molecule has 0 saturated carbocycles. The first-order valence-corrected chi connectivity index (χ1v) is 6.65. The van der Waals surface area contributed by atoms with Gasteiger partial charge in [0.05, 0.1) is 18.6 Å². The first-order chi connectivity index (χ1) is 9.10. The van der Waals surface area contributed by atoms with Crippen LogP contribution in [0, 0.1) is 13.8 Å². The molecule has 2 aromatic heterocycles. The maximum Gasteiger partial charge on any atom is 0.316 e. The van der Waals surface area contributed by atoms with Gasteiger partial charge in [-0.1, -0.05) is 11.8 Å². The van der Waals surface area contributed by atoms with Crippen molar-refractivity contribution in [3.8, 4) is 5.82 Å². The van der Waals surface area contributed by atoms with Crippen molar-refractivity contribution in [2.75, 3.05) is 12.9 Å². The van der Waals surface area contributed by atoms with E-state index in [2.05, 4.69) is 20.0 Å². The minimum atomic E-state index is -0.283. The Morgan fingerprint density at radius 2 is 2.16 bits per heavy atom. The molecule has 0 atom stereocenters. The van der Waals surface area contributed by atoms with E-state index in [1.165, 1.54) is 18.9 Å². The van der Waals surface area contributed by atoms with Gasteiger partial charge in [0.2, 0.25) is 0 Å². The monoisotopic (exact) mass is 278 g/mol. The summed E-state index contributed by atoms with van der Waals surface area (Å²) in [6.07, 6.45) is 0. The molecule has 0 spiro atoms. The van der Waals surface area contributed by atoms with Crippen LogP contribution in [-0.2, 0) is 9.53 Å². The van der Waals surface area contributed by atoms with E-state index in [4.69, 9.17) is 0 Å². The molecule has 0 saturated heterocycles. The maximum absolute atomic E-state index is 11.0. The molecule has 7 heteroatoms. The predicted molar refractivity (Wildman–Crippen MR) is 71.4 cm³/mol. The lowest BCUT2D eigenvalue weighted by atomic mass is 10.4. The van der Waals surface area contributed by atoms with Crippen molar-refractivity contribution in [2.24, 2.45) is 0 Å². The zero-order valence-corrected chi connectivity index (χ0v) is 11.8. The number of aromatic nitrogens is 4. The van der Waals surface area contributed by atoms with Crippen molar-refractivity contribution in [3.05, 3.63) is 29.6 Å². The van der Waals surface area contributed by atoms with E-state index in [0.29, 0.717) is 10.8 Å². The molecule has 2 rings (SSSR count). The molecule has 0 aliphatic carbocycles. The summed E-state index contributed by atoms with van der Waals surface area (Å²) in [5.74, 6) is 0.604. The molecule has 0 fully saturated rings. The molecule has 0 N–H and O–H groups in total. The molecule has 100 valence electrons. The third-order valence-corrected chi connectivity index (χ3v) is 3.31. The van der Waals surface area contributed by atoms with Crippen LogP contribution in [0.4, 0.5) is 0 Å². The fourth-order valence-electron chi connectivity index (χ4n) is 1.56. The molecule has 6 nitrogen and oxygen atoms in total. The van der Waals surface area contributed by atoms with E-state index in [1.807, 2.05) is 32.0 Å². The van der Waals surface area contributed by atoms with Crippen molar-refractivity contribution in [1.82, 2.24) is 20.0 Å². The number of thioether (sulfide) groups is 1. The fraction of sp³-hybridized carbons (Fsp3) is 0.333. The second-order valence-corrected chi connectivity index (χ2v) is 4.93. The van der Waals surface area contributed by atoms with E-state index in [1.54, 1.807) is 4.68 Å². The Kier molecular flexibility index (Phi) is 4.16. The molecule has 0 radical (unpaired) electrons. The zero-order valence-electron chi connectivity index (χ0n) is 11.0. The van der Waals surface area contributed by atoms with Crippen molar-refractivity contribution in [3.63, 3.8) is 0 Å². The van der Waals surface area contributed by atoms with Crippen LogP contribution in [0.1, 0.15) is 11.4 Å². The molecule has 0 aromatic carbocycles. The van der Waals surface area contributed by atoms with E-state index in [-0.39, 0.29) is 11.7 Å². The van der Waals surface area contributed by atoms with Gasteiger partial charge in [-0.05, 0) is 32.0 Å². The number of nitrogens with zero attached hydrogens (tertiary/aromatic N) is 4. The van der Waals surface area contributed by atoms with Gasteiger partial charge in [-0.15, -0.1) is 10.2 Å². The molecule has 0 bridgehead atoms. The summed E-state index contributed by atoms with van der Waals surface area (Å²) >= 11 is 1.29. The lowest BCUT2D eigenvalue weighted by molar-refractivity contribution is -0.137. The SMILES string of the molecule is COC(=O)CSc1ccc(-n2nc(C)cc2C)nn1. The number of carbonyl (C=O) groups is 1. The lowest BCUT2D eigenvalue weighted by Gasteiger charge is -2.03. The Hall–Kier alpha value is -1.89. The van der Waals surface area contributed by atoms with Crippen LogP contribution >= 0.6 is 11.8 Å². The van der Waals surface area contributed by atoms with Gasteiger partial charge < -0.3 is 4.74 Å². The third-order valence-electron chi connectivity index (χ3n) is 2.42. The van der Waals surface area contributed by atoms with E-state index >= 15 is 0 Å². The number of hydrogen-bond donors (Lipinski definition) is 0. The van der Waals surface area contributed by atoms with Gasteiger partial charge in [-0.3, -0.25) is 4.79 Å². The number of esters is 1. The van der Waals surface area contributed by atoms with Gasteiger partial charge >= 0.3 is 5.97 Å². The third kappa shape index (κ3) is 3.31. The summed E-state index contributed by atoms with van der Waals surface area (Å²) in [5.41, 5.74) is 1.94. The highest BCUT2D eigenvalue weighted by Gasteiger charge is 2.07. The molecule has 2 heterocycles. The Bertz CT molecular complexity index is 580. The average molecular weight is 278 g/mol. The van der Waals surface area contributed by atoms with Crippen LogP contribution in [-0.4, -0.2) is 38.8 Å². The second-order valence-electron chi connectivity index (χ2n) is 3.93. The molecule has 2 aromatic rings. The minimum absolute atomic E-state index is 0.227. The molecule has 0 amide bonds. The van der Waals surface area contributed by atoms with E-state index in [9.17, 15) is 4.79 Å². The first kappa shape index (κ1) is 13.5. The van der Waals surface area contributed by atoms with E-state index in [0.717, 1.165) is 11.4 Å². The number of rotatable bonds is 4. The molecular weight excluding hydrogens is 264 g/mol. The maximum atomic E-state index is 11.0. The van der Waals surface area contributed by atoms with Crippen molar-refractivity contribution in [2.45, 2.75) is 18.9 Å². The molecular formula is C12H14N4O2S. The quantitative estimate of drug-likeness (QED) is 0.624. The Balaban J connectivity index is 2.10. The van der Waals surface area contributed by atoms with E-state index < -0.39 is 0 Å². The topological polar surface area (TPSA) is 69.9 Å². The fourth-order valence-corrected chi connectivity index (χ4v) is 2.20. The zero-order chi connectivity index (χ0) is 13.8. The first-order valence-electron chi connectivity index (χ1n) is 5.67. The predicted octanol–water partition coefficient (Wildman–Crippen LogP) is 1.54. The van der Waals surface area contributed by atoms with Crippen molar-refractivity contribution < 1.29 is 9.53 Å². The van der Waals surface area contributed by atoms with Crippen LogP contribution in [0.2, 0.25) is 0 Å². The lowest BCUT2D eigenvalue weighted by Crippen LogP contribution is -2.05. The Labute approximate surface area is 115 Å². The summed E-state index contributed by atoms with van der Waals surface area (Å²) in [5, 5.41) is 13.2. The minimum Gasteiger partial charge on any atom is -0.468 e. The van der Waals surface area contributed by atoms with Crippen LogP contribution in [0.15, 0.2) is 23.2 Å². The highest BCUT2D eigenvalue weighted by Crippen LogP contribution is 2.16. The van der Waals surface area contributed by atoms with Gasteiger partial charge in [0.1, 0.15) is 5.03 Å². The van der Waals surface area contributed by atoms with Gasteiger partial charge in [-0.25, -0.2) is 4.68 Å². The Morgan fingerprint density at radius 3 is 2.68 bits per heavy atom. The van der Waals surface area contributed by atoms with Gasteiger partial charge in [0, 0.05) is 5.69 Å². The average Bonchev–Trinajstić information content (AvgIpc) is 2.75. The number of methoxy groups -OCH3 is 1. The van der Waals surface area contributed by atoms with Crippen LogP contribution in [0.25, 0.3) is 5.82 Å². The second kappa shape index (κ2) is 5.83. The smallest absolute Gasteiger partial charge is 0.316 e. The highest BCUT2D eigenvalue weighted by molar-refractivity contribution is 7.99. The summed E-state index contributed by atoms with van der Waals surface area (Å²) < 4.78 is 6.29. The molecule has 0 unspecified atom stereocenters. The summed E-state index contributed by atoms with van der Waals surface area (Å²) in [6, 6.07) is 5.61. The van der Waals surface area contributed by atoms with Gasteiger partial charge in [-0.2, -0.15) is 5.10 Å². The van der Waals surface area contributed by atoms with Crippen LogP contribution in [0.3, 0.4) is 0 Å². The van der Waals surface area contributed by atoms with Crippen LogP contribution in [0.5, 0.6) is 0 Å². The number of aryl methyl sites for hydroxylation is 2. The highest BCUT2D eigenvalue weighted by atomic mass is 32.2. The number of carbonyl (C=O) groups excluding carboxylic acids is 1. The standard InChI is InChI=1S/C12H14N4O2S/c1-8-6-9(2)16(15-8)10-4-5-11(14-13-10)19-7-12(17)18-3/h4-6H,7H2,1-3H3. The van der Waals surface area contributed by atoms with Crippen molar-refractivity contribution in [1.29, 1.82) is 0 Å². The molecule has 19 heavy (non-hydrogen) atoms. The Morgan fingerprint density at radius 1 is 1.37 bits per heavy atom. The summed E-state index contributed by atoms with van der Waals surface area (Å²) in [7, 11) is 1.36. The van der Waals surface area contributed by atoms with Crippen molar-refractivity contribution >= 4 is 17.7 Å². The number of ether oxygens (including phenoxy) is 1.